The number of ether oxygens (including phenoxy) is 3. The summed E-state index contributed by atoms with van der Waals surface area (Å²) in [5.41, 5.74) is 5.50. The molecule has 1 aromatic carbocycles. The highest BCUT2D eigenvalue weighted by Gasteiger charge is 2.45. The van der Waals surface area contributed by atoms with Crippen LogP contribution < -0.4 is 4.74 Å². The van der Waals surface area contributed by atoms with Crippen molar-refractivity contribution in [3.63, 3.8) is 0 Å². The van der Waals surface area contributed by atoms with Crippen molar-refractivity contribution < 1.29 is 34.3 Å². The zero-order valence-corrected chi connectivity index (χ0v) is 21.0. The summed E-state index contributed by atoms with van der Waals surface area (Å²) in [5.74, 6) is 1.10. The minimum Gasteiger partial charge on any atom is -0.504 e. The number of aliphatic hydroxyl groups is 2. The van der Waals surface area contributed by atoms with Gasteiger partial charge >= 0.3 is 5.97 Å². The summed E-state index contributed by atoms with van der Waals surface area (Å²) in [7, 11) is 0. The van der Waals surface area contributed by atoms with Crippen molar-refractivity contribution in [2.24, 2.45) is 5.92 Å². The molecule has 5 unspecified atom stereocenters. The van der Waals surface area contributed by atoms with E-state index in [0.717, 1.165) is 30.4 Å². The minimum atomic E-state index is -1.40. The van der Waals surface area contributed by atoms with Crippen LogP contribution in [0.3, 0.4) is 0 Å². The highest BCUT2D eigenvalue weighted by molar-refractivity contribution is 5.66. The number of rotatable bonds is 4. The van der Waals surface area contributed by atoms with Crippen molar-refractivity contribution >= 4 is 5.97 Å². The lowest BCUT2D eigenvalue weighted by Gasteiger charge is -2.44. The fraction of sp³-hybridized carbons (Fsp3) is 0.667. The van der Waals surface area contributed by atoms with E-state index >= 15 is 0 Å². The summed E-state index contributed by atoms with van der Waals surface area (Å²) in [4.78, 5) is 11.5. The first-order valence-corrected chi connectivity index (χ1v) is 12.4. The predicted octanol–water partition coefficient (Wildman–Crippen LogP) is 4.16. The highest BCUT2D eigenvalue weighted by atomic mass is 16.7. The highest BCUT2D eigenvalue weighted by Crippen LogP contribution is 2.58. The third-order valence-electron chi connectivity index (χ3n) is 7.75. The number of aromatic hydroxyl groups is 1. The van der Waals surface area contributed by atoms with Gasteiger partial charge in [0.15, 0.2) is 23.7 Å². The van der Waals surface area contributed by atoms with Gasteiger partial charge in [-0.05, 0) is 74.5 Å². The number of carbonyl (C=O) groups excluding carboxylic acids is 1. The number of hydrogen-bond donors (Lipinski definition) is 3. The molecule has 4 rings (SSSR count). The van der Waals surface area contributed by atoms with Crippen LogP contribution >= 0.6 is 0 Å². The molecular formula is C27H38O7. The number of hydrogen-bond acceptors (Lipinski definition) is 7. The quantitative estimate of drug-likeness (QED) is 0.444. The van der Waals surface area contributed by atoms with Crippen molar-refractivity contribution in [2.45, 2.75) is 103 Å². The average Bonchev–Trinajstić information content (AvgIpc) is 2.74. The van der Waals surface area contributed by atoms with Gasteiger partial charge in [-0.25, -0.2) is 0 Å². The standard InChI is InChI=1S/C27H38O7/c1-12(2)9-17-10-14(4)18-8-7-13(3)20-22(18)21(17)15(5)25(23(20)30)34-27-24(31)26(33-16(6)28)19(29)11-32-27/h9,13-14,17-19,24,26-27,29-31H,7-8,10-11H2,1-6H3/t13-,14-,17?,18+,19?,24?,26?,27?/m0/s1. The van der Waals surface area contributed by atoms with E-state index in [1.54, 1.807) is 0 Å². The summed E-state index contributed by atoms with van der Waals surface area (Å²) >= 11 is 0. The number of aliphatic hydroxyl groups excluding tert-OH is 2. The molecule has 0 radical (unpaired) electrons. The zero-order valence-electron chi connectivity index (χ0n) is 21.0. The first-order chi connectivity index (χ1) is 16.0. The second-order valence-corrected chi connectivity index (χ2v) is 10.6. The summed E-state index contributed by atoms with van der Waals surface area (Å²) in [6, 6.07) is 0. The Hall–Kier alpha value is -2.09. The number of allylic oxidation sites excluding steroid dienone is 2. The molecule has 1 saturated heterocycles. The van der Waals surface area contributed by atoms with Crippen LogP contribution in [0.5, 0.6) is 11.5 Å². The molecular weight excluding hydrogens is 436 g/mol. The molecule has 0 saturated carbocycles. The van der Waals surface area contributed by atoms with Gasteiger partial charge in [0.25, 0.3) is 0 Å². The normalized spacial score (nSPS) is 34.7. The van der Waals surface area contributed by atoms with Gasteiger partial charge in [0.05, 0.1) is 6.61 Å². The Morgan fingerprint density at radius 2 is 1.79 bits per heavy atom. The molecule has 3 N–H and O–H groups in total. The molecule has 0 bridgehead atoms. The fourth-order valence-electron chi connectivity index (χ4n) is 6.27. The third-order valence-corrected chi connectivity index (χ3v) is 7.75. The first kappa shape index (κ1) is 25.0. The van der Waals surface area contributed by atoms with Gasteiger partial charge in [-0.1, -0.05) is 25.5 Å². The number of benzene rings is 1. The summed E-state index contributed by atoms with van der Waals surface area (Å²) in [5, 5.41) is 32.4. The van der Waals surface area contributed by atoms with E-state index in [1.165, 1.54) is 23.6 Å². The van der Waals surface area contributed by atoms with E-state index in [9.17, 15) is 20.1 Å². The van der Waals surface area contributed by atoms with E-state index in [4.69, 9.17) is 14.2 Å². The predicted molar refractivity (Wildman–Crippen MR) is 127 cm³/mol. The van der Waals surface area contributed by atoms with Crippen molar-refractivity contribution in [1.82, 2.24) is 0 Å². The summed E-state index contributed by atoms with van der Waals surface area (Å²) in [6.07, 6.45) is 0.502. The molecule has 1 fully saturated rings. The number of esters is 1. The average molecular weight is 475 g/mol. The molecule has 7 nitrogen and oxygen atoms in total. The van der Waals surface area contributed by atoms with Crippen molar-refractivity contribution in [2.75, 3.05) is 6.61 Å². The molecule has 0 aromatic heterocycles. The Bertz CT molecular complexity index is 980. The largest absolute Gasteiger partial charge is 0.504 e. The Morgan fingerprint density at radius 3 is 2.44 bits per heavy atom. The molecule has 2 aliphatic carbocycles. The maximum atomic E-state index is 11.5. The van der Waals surface area contributed by atoms with Gasteiger partial charge < -0.3 is 29.5 Å². The molecule has 3 aliphatic rings. The summed E-state index contributed by atoms with van der Waals surface area (Å²) < 4.78 is 16.8. The van der Waals surface area contributed by atoms with E-state index in [-0.39, 0.29) is 24.2 Å². The van der Waals surface area contributed by atoms with Crippen LogP contribution in [0.1, 0.15) is 93.9 Å². The monoisotopic (exact) mass is 474 g/mol. The second-order valence-electron chi connectivity index (χ2n) is 10.6. The molecule has 8 atom stereocenters. The van der Waals surface area contributed by atoms with Crippen LogP contribution in [0.15, 0.2) is 11.6 Å². The van der Waals surface area contributed by atoms with Gasteiger partial charge in [0, 0.05) is 18.4 Å². The van der Waals surface area contributed by atoms with Crippen LogP contribution in [0.4, 0.5) is 0 Å². The lowest BCUT2D eigenvalue weighted by molar-refractivity contribution is -0.249. The molecule has 1 aliphatic heterocycles. The molecule has 0 amide bonds. The molecule has 188 valence electrons. The lowest BCUT2D eigenvalue weighted by Crippen LogP contribution is -2.56. The first-order valence-electron chi connectivity index (χ1n) is 12.4. The van der Waals surface area contributed by atoms with Crippen LogP contribution in [-0.2, 0) is 14.3 Å². The minimum absolute atomic E-state index is 0.101. The Balaban J connectivity index is 1.80. The van der Waals surface area contributed by atoms with E-state index in [1.807, 2.05) is 6.92 Å². The fourth-order valence-corrected chi connectivity index (χ4v) is 6.27. The van der Waals surface area contributed by atoms with E-state index in [0.29, 0.717) is 17.6 Å². The smallest absolute Gasteiger partial charge is 0.303 e. The number of carbonyl (C=O) groups is 1. The van der Waals surface area contributed by atoms with Crippen molar-refractivity contribution in [3.8, 4) is 11.5 Å². The zero-order chi connectivity index (χ0) is 24.9. The third kappa shape index (κ3) is 4.34. The molecule has 0 spiro atoms. The van der Waals surface area contributed by atoms with Gasteiger partial charge in [-0.3, -0.25) is 4.79 Å². The lowest BCUT2D eigenvalue weighted by atomic mass is 9.62. The molecule has 1 heterocycles. The molecule has 7 heteroatoms. The Morgan fingerprint density at radius 1 is 1.09 bits per heavy atom. The maximum absolute atomic E-state index is 11.5. The van der Waals surface area contributed by atoms with Crippen molar-refractivity contribution in [1.29, 1.82) is 0 Å². The van der Waals surface area contributed by atoms with Crippen LogP contribution in [0.2, 0.25) is 0 Å². The van der Waals surface area contributed by atoms with Gasteiger partial charge in [-0.15, -0.1) is 0 Å². The van der Waals surface area contributed by atoms with Crippen LogP contribution in [0.25, 0.3) is 0 Å². The Labute approximate surface area is 201 Å². The van der Waals surface area contributed by atoms with Crippen molar-refractivity contribution in [3.05, 3.63) is 33.9 Å². The maximum Gasteiger partial charge on any atom is 0.303 e. The van der Waals surface area contributed by atoms with Gasteiger partial charge in [0.1, 0.15) is 6.10 Å². The van der Waals surface area contributed by atoms with E-state index < -0.39 is 30.6 Å². The van der Waals surface area contributed by atoms with Gasteiger partial charge in [0.2, 0.25) is 6.29 Å². The number of phenolic OH excluding ortho intramolecular Hbond substituents is 1. The van der Waals surface area contributed by atoms with E-state index in [2.05, 4.69) is 33.8 Å². The number of phenols is 1. The SMILES string of the molecule is CC(=O)OC1C(O)COC(Oc2c(C)c3c4c(c2O)[C@@H](C)CC[C@@H]4[C@@H](C)CC3C=C(C)C)C1O. The molecule has 34 heavy (non-hydrogen) atoms. The molecule has 1 aromatic rings. The van der Waals surface area contributed by atoms with Crippen LogP contribution in [0, 0.1) is 12.8 Å². The summed E-state index contributed by atoms with van der Waals surface area (Å²) in [6.45, 7) is 11.7. The van der Waals surface area contributed by atoms with Crippen LogP contribution in [-0.4, -0.2) is 52.5 Å². The Kier molecular flexibility index (Phi) is 7.00. The topological polar surface area (TPSA) is 105 Å². The second kappa shape index (κ2) is 9.51. The van der Waals surface area contributed by atoms with Gasteiger partial charge in [-0.2, -0.15) is 0 Å².